The third kappa shape index (κ3) is 6.57. The Balaban J connectivity index is 1.11. The van der Waals surface area contributed by atoms with E-state index >= 15 is 4.79 Å². The Bertz CT molecular complexity index is 2170. The number of esters is 2. The highest BCUT2D eigenvalue weighted by molar-refractivity contribution is 5.96. The summed E-state index contributed by atoms with van der Waals surface area (Å²) in [5.74, 6) is -1.51. The van der Waals surface area contributed by atoms with Crippen LogP contribution >= 0.6 is 0 Å². The summed E-state index contributed by atoms with van der Waals surface area (Å²) in [7, 11) is 1.56. The smallest absolute Gasteiger partial charge is 0.457 e. The summed E-state index contributed by atoms with van der Waals surface area (Å²) in [6.45, 7) is 14.7. The molecule has 0 bridgehead atoms. The molecule has 4 fully saturated rings. The Morgan fingerprint density at radius 2 is 1.45 bits per heavy atom. The largest absolute Gasteiger partial charge is 0.519 e. The van der Waals surface area contributed by atoms with Crippen molar-refractivity contribution in [2.24, 2.45) is 50.2 Å². The molecular weight excluding hydrogens is 761 g/mol. The predicted molar refractivity (Wildman–Crippen MR) is 223 cm³/mol. The van der Waals surface area contributed by atoms with E-state index in [0.717, 1.165) is 43.2 Å². The monoisotopic (exact) mass is 822 g/mol. The van der Waals surface area contributed by atoms with Gasteiger partial charge in [-0.2, -0.15) is 0 Å². The normalized spacial score (nSPS) is 37.2. The van der Waals surface area contributed by atoms with Crippen LogP contribution in [0.25, 0.3) is 0 Å². The number of carbonyl (C=O) groups is 3. The van der Waals surface area contributed by atoms with E-state index in [0.29, 0.717) is 25.7 Å². The number of ether oxygens (including phenoxy) is 4. The molecule has 60 heavy (non-hydrogen) atoms. The molecule has 10 nitrogen and oxygen atoms in total. The highest BCUT2D eigenvalue weighted by atomic mass is 16.7. The van der Waals surface area contributed by atoms with Crippen LogP contribution in [0.4, 0.5) is 0 Å². The van der Waals surface area contributed by atoms with E-state index < -0.39 is 45.7 Å². The third-order valence-corrected chi connectivity index (χ3v) is 17.1. The Hall–Kier alpha value is -4.28. The first-order chi connectivity index (χ1) is 28.4. The lowest BCUT2D eigenvalue weighted by Crippen LogP contribution is -2.68. The molecule has 322 valence electrons. The summed E-state index contributed by atoms with van der Waals surface area (Å²) in [4.78, 5) is 56.1. The van der Waals surface area contributed by atoms with Gasteiger partial charge in [0.15, 0.2) is 30.0 Å². The molecule has 0 saturated heterocycles. The maximum absolute atomic E-state index is 15.2. The minimum absolute atomic E-state index is 0.0166. The van der Waals surface area contributed by atoms with Gasteiger partial charge in [-0.3, -0.25) is 14.4 Å². The van der Waals surface area contributed by atoms with Crippen LogP contribution in [0.1, 0.15) is 128 Å². The number of aryl methyl sites for hydroxylation is 1. The molecular formula is C50H62O10. The fourth-order valence-electron chi connectivity index (χ4n) is 13.3. The van der Waals surface area contributed by atoms with Crippen LogP contribution in [-0.4, -0.2) is 37.7 Å². The van der Waals surface area contributed by atoms with E-state index in [9.17, 15) is 14.4 Å². The Morgan fingerprint density at radius 3 is 2.07 bits per heavy atom. The first-order valence-electron chi connectivity index (χ1n) is 21.9. The zero-order chi connectivity index (χ0) is 42.9. The van der Waals surface area contributed by atoms with E-state index in [4.69, 9.17) is 27.8 Å². The number of allylic oxidation sites excluding steroid dienone is 2. The number of ketones is 1. The molecule has 0 unspecified atom stereocenters. The summed E-state index contributed by atoms with van der Waals surface area (Å²) in [6.07, 6.45) is 7.80. The zero-order valence-corrected chi connectivity index (χ0v) is 36.6. The average Bonchev–Trinajstić information content (AvgIpc) is 3.56. The van der Waals surface area contributed by atoms with Gasteiger partial charge in [-0.1, -0.05) is 93.9 Å². The van der Waals surface area contributed by atoms with Crippen LogP contribution in [0.15, 0.2) is 85.9 Å². The molecule has 0 aliphatic heterocycles. The van der Waals surface area contributed by atoms with Crippen molar-refractivity contribution in [3.8, 4) is 0 Å². The topological polar surface area (TPSA) is 131 Å². The van der Waals surface area contributed by atoms with Gasteiger partial charge in [0.25, 0.3) is 0 Å². The lowest BCUT2D eigenvalue weighted by molar-refractivity contribution is -0.233. The minimum atomic E-state index is -1.12. The number of benzene rings is 2. The Kier molecular flexibility index (Phi) is 10.8. The SMILES string of the molecule is COCO[C@H]1CC[C@@]2(C)[C@@H](CC[C@]3(C)[C@@H]2C(=O)C=C2[C@@H]4C[C@@](C)(C(=O)OC(c5ccccc5)c5ccccc5)CC[C@]4(C)CC[C@]23C)[C@]1(C)C(=O)OCc1oc(=O)oc1C. The van der Waals surface area contributed by atoms with E-state index in [1.54, 1.807) is 14.0 Å². The summed E-state index contributed by atoms with van der Waals surface area (Å²) in [6, 6.07) is 19.9. The van der Waals surface area contributed by atoms with Crippen LogP contribution in [0.5, 0.6) is 0 Å². The van der Waals surface area contributed by atoms with Crippen molar-refractivity contribution >= 4 is 17.7 Å². The molecule has 1 aromatic heterocycles. The fourth-order valence-corrected chi connectivity index (χ4v) is 13.3. The highest BCUT2D eigenvalue weighted by Crippen LogP contribution is 2.75. The number of hydrogen-bond donors (Lipinski definition) is 0. The summed E-state index contributed by atoms with van der Waals surface area (Å²) >= 11 is 0. The molecule has 3 aromatic rings. The van der Waals surface area contributed by atoms with Crippen molar-refractivity contribution in [3.05, 3.63) is 106 Å². The van der Waals surface area contributed by atoms with Gasteiger partial charge < -0.3 is 27.8 Å². The van der Waals surface area contributed by atoms with Gasteiger partial charge in [0, 0.05) is 13.0 Å². The van der Waals surface area contributed by atoms with Gasteiger partial charge in [0.05, 0.1) is 16.9 Å². The summed E-state index contributed by atoms with van der Waals surface area (Å²) in [5, 5.41) is 0. The molecule has 2 aromatic carbocycles. The molecule has 1 heterocycles. The molecule has 0 spiro atoms. The van der Waals surface area contributed by atoms with Crippen molar-refractivity contribution in [2.45, 2.75) is 125 Å². The minimum Gasteiger partial charge on any atom is -0.457 e. The quantitative estimate of drug-likeness (QED) is 0.144. The number of methoxy groups -OCH3 is 1. The molecule has 0 N–H and O–H groups in total. The van der Waals surface area contributed by atoms with Crippen LogP contribution in [0, 0.1) is 57.2 Å². The second-order valence-electron chi connectivity index (χ2n) is 20.3. The molecule has 10 heteroatoms. The van der Waals surface area contributed by atoms with Crippen molar-refractivity contribution in [2.75, 3.05) is 13.9 Å². The maximum atomic E-state index is 15.2. The standard InChI is InChI=1S/C50H62O10/c1-31-37(59-44(54)58-31)29-56-43(53)50(7)38-19-22-49(6)41(47(38,4)21-20-39(50)57-30-55-8)36(51)27-34-35-28-46(3,24-23-45(35,2)25-26-48(34,49)5)42(52)60-40(32-15-11-9-12-16-32)33-17-13-10-14-18-33/h9-18,27,35,38-41H,19-26,28-30H2,1-8H3/t35-,38+,39-,41+,45+,46-,47-,48+,49+,50-/m0/s1. The molecule has 8 rings (SSSR count). The van der Waals surface area contributed by atoms with Crippen molar-refractivity contribution < 1.29 is 42.2 Å². The van der Waals surface area contributed by atoms with Gasteiger partial charge in [-0.05, 0) is 129 Å². The first-order valence-corrected chi connectivity index (χ1v) is 21.9. The van der Waals surface area contributed by atoms with Crippen molar-refractivity contribution in [3.63, 3.8) is 0 Å². The molecule has 4 saturated carbocycles. The number of fused-ring (bicyclic) bond motifs is 7. The molecule has 5 aliphatic carbocycles. The second-order valence-corrected chi connectivity index (χ2v) is 20.3. The van der Waals surface area contributed by atoms with Gasteiger partial charge in [0.2, 0.25) is 0 Å². The van der Waals surface area contributed by atoms with E-state index in [2.05, 4.69) is 34.6 Å². The third-order valence-electron chi connectivity index (χ3n) is 17.1. The van der Waals surface area contributed by atoms with Crippen LogP contribution in [0.3, 0.4) is 0 Å². The number of hydrogen-bond acceptors (Lipinski definition) is 10. The van der Waals surface area contributed by atoms with Gasteiger partial charge >= 0.3 is 17.8 Å². The Morgan fingerprint density at radius 1 is 0.800 bits per heavy atom. The zero-order valence-electron chi connectivity index (χ0n) is 36.6. The molecule has 0 radical (unpaired) electrons. The van der Waals surface area contributed by atoms with E-state index in [1.807, 2.05) is 73.7 Å². The molecule has 5 aliphatic rings. The van der Waals surface area contributed by atoms with Gasteiger partial charge in [-0.25, -0.2) is 4.79 Å². The van der Waals surface area contributed by atoms with Crippen LogP contribution < -0.4 is 5.82 Å². The molecule has 10 atom stereocenters. The fraction of sp³-hybridized carbons (Fsp3) is 0.600. The van der Waals surface area contributed by atoms with Crippen LogP contribution in [0.2, 0.25) is 0 Å². The highest BCUT2D eigenvalue weighted by Gasteiger charge is 2.72. The number of rotatable bonds is 10. The van der Waals surface area contributed by atoms with Crippen molar-refractivity contribution in [1.82, 2.24) is 0 Å². The lowest BCUT2D eigenvalue weighted by Gasteiger charge is -2.70. The van der Waals surface area contributed by atoms with Gasteiger partial charge in [0.1, 0.15) is 6.79 Å². The van der Waals surface area contributed by atoms with E-state index in [-0.39, 0.29) is 65.3 Å². The molecule has 0 amide bonds. The van der Waals surface area contributed by atoms with Gasteiger partial charge in [-0.15, -0.1) is 0 Å². The summed E-state index contributed by atoms with van der Waals surface area (Å²) < 4.78 is 34.3. The Labute approximate surface area is 353 Å². The first kappa shape index (κ1) is 42.4. The van der Waals surface area contributed by atoms with Crippen LogP contribution in [-0.2, 0) is 39.9 Å². The van der Waals surface area contributed by atoms with Crippen molar-refractivity contribution in [1.29, 1.82) is 0 Å². The lowest BCUT2D eigenvalue weighted by atomic mass is 9.33. The number of carbonyl (C=O) groups excluding carboxylic acids is 3. The predicted octanol–water partition coefficient (Wildman–Crippen LogP) is 9.87. The average molecular weight is 823 g/mol. The summed E-state index contributed by atoms with van der Waals surface area (Å²) in [5.41, 5.74) is -0.120. The van der Waals surface area contributed by atoms with E-state index in [1.165, 1.54) is 5.57 Å². The second kappa shape index (κ2) is 15.3. The maximum Gasteiger partial charge on any atom is 0.519 e.